The van der Waals surface area contributed by atoms with Gasteiger partial charge in [-0.1, -0.05) is 11.6 Å². The van der Waals surface area contributed by atoms with Gasteiger partial charge in [-0.15, -0.1) is 0 Å². The van der Waals surface area contributed by atoms with Gasteiger partial charge < -0.3 is 0 Å². The lowest BCUT2D eigenvalue weighted by Crippen LogP contribution is -2.39. The van der Waals surface area contributed by atoms with Crippen LogP contribution in [-0.2, 0) is 6.54 Å². The van der Waals surface area contributed by atoms with Crippen molar-refractivity contribution < 1.29 is 4.39 Å². The minimum absolute atomic E-state index is 0.301. The molecule has 86 valence electrons. The van der Waals surface area contributed by atoms with Crippen molar-refractivity contribution in [1.82, 2.24) is 4.90 Å². The highest BCUT2D eigenvalue weighted by Gasteiger charge is 2.23. The summed E-state index contributed by atoms with van der Waals surface area (Å²) in [4.78, 5) is 1.78. The van der Waals surface area contributed by atoms with E-state index in [1.54, 1.807) is 31.9 Å². The van der Waals surface area contributed by atoms with Crippen LogP contribution in [0.5, 0.6) is 0 Å². The third kappa shape index (κ3) is 2.94. The Kier molecular flexibility index (Phi) is 3.90. The average Bonchev–Trinajstić information content (AvgIpc) is 2.23. The molecule has 0 spiro atoms. The first kappa shape index (κ1) is 13.0. The molecule has 0 aliphatic carbocycles. The molecule has 0 aliphatic heterocycles. The van der Waals surface area contributed by atoms with Crippen molar-refractivity contribution >= 4 is 11.6 Å². The minimum Gasteiger partial charge on any atom is -0.285 e. The number of hydrogen-bond acceptors (Lipinski definition) is 2. The second kappa shape index (κ2) is 4.82. The van der Waals surface area contributed by atoms with E-state index in [0.717, 1.165) is 0 Å². The first-order valence-electron chi connectivity index (χ1n) is 4.93. The molecule has 0 bridgehead atoms. The fourth-order valence-electron chi connectivity index (χ4n) is 1.20. The van der Waals surface area contributed by atoms with Crippen LogP contribution >= 0.6 is 11.6 Å². The zero-order chi connectivity index (χ0) is 12.3. The van der Waals surface area contributed by atoms with Gasteiger partial charge >= 0.3 is 0 Å². The van der Waals surface area contributed by atoms with E-state index in [4.69, 9.17) is 16.9 Å². The van der Waals surface area contributed by atoms with Crippen LogP contribution in [0.4, 0.5) is 4.39 Å². The van der Waals surface area contributed by atoms with E-state index in [9.17, 15) is 4.39 Å². The average molecular weight is 241 g/mol. The third-order valence-corrected chi connectivity index (χ3v) is 2.88. The van der Waals surface area contributed by atoms with Crippen molar-refractivity contribution in [3.63, 3.8) is 0 Å². The molecule has 0 radical (unpaired) electrons. The van der Waals surface area contributed by atoms with E-state index in [-0.39, 0.29) is 5.82 Å². The molecule has 0 N–H and O–H groups in total. The van der Waals surface area contributed by atoms with Crippen LogP contribution in [0.1, 0.15) is 19.4 Å². The van der Waals surface area contributed by atoms with Crippen LogP contribution in [0.3, 0.4) is 0 Å². The summed E-state index contributed by atoms with van der Waals surface area (Å²) >= 11 is 5.80. The van der Waals surface area contributed by atoms with Crippen molar-refractivity contribution in [2.24, 2.45) is 0 Å². The smallest absolute Gasteiger partial charge is 0.127 e. The number of halogens is 2. The first-order chi connectivity index (χ1) is 7.36. The largest absolute Gasteiger partial charge is 0.285 e. The highest BCUT2D eigenvalue weighted by Crippen LogP contribution is 2.19. The predicted octanol–water partition coefficient (Wildman–Crippen LogP) is 3.21. The molecule has 1 rings (SSSR count). The summed E-state index contributed by atoms with van der Waals surface area (Å²) in [5, 5.41) is 9.45. The van der Waals surface area contributed by atoms with Crippen molar-refractivity contribution in [3.8, 4) is 6.07 Å². The summed E-state index contributed by atoms with van der Waals surface area (Å²) in [6.45, 7) is 3.93. The van der Waals surface area contributed by atoms with Gasteiger partial charge in [-0.05, 0) is 39.1 Å². The summed E-state index contributed by atoms with van der Waals surface area (Å²) in [7, 11) is 1.78. The zero-order valence-corrected chi connectivity index (χ0v) is 10.3. The van der Waals surface area contributed by atoms with Crippen LogP contribution in [0.15, 0.2) is 18.2 Å². The van der Waals surface area contributed by atoms with E-state index >= 15 is 0 Å². The highest BCUT2D eigenvalue weighted by atomic mass is 35.5. The lowest BCUT2D eigenvalue weighted by Gasteiger charge is -2.29. The molecule has 16 heavy (non-hydrogen) atoms. The summed E-state index contributed by atoms with van der Waals surface area (Å²) in [6, 6.07) is 6.60. The molecular formula is C12H14ClFN2. The summed E-state index contributed by atoms with van der Waals surface area (Å²) in [5.41, 5.74) is -0.132. The molecule has 0 saturated carbocycles. The van der Waals surface area contributed by atoms with E-state index in [1.165, 1.54) is 12.1 Å². The van der Waals surface area contributed by atoms with Gasteiger partial charge in [-0.2, -0.15) is 5.26 Å². The number of rotatable bonds is 3. The molecule has 4 heteroatoms. The topological polar surface area (TPSA) is 27.0 Å². The van der Waals surface area contributed by atoms with Crippen LogP contribution in [0, 0.1) is 17.1 Å². The Bertz CT molecular complexity index is 424. The van der Waals surface area contributed by atoms with Crippen molar-refractivity contribution in [3.05, 3.63) is 34.6 Å². The Morgan fingerprint density at radius 3 is 2.69 bits per heavy atom. The van der Waals surface area contributed by atoms with E-state index < -0.39 is 5.54 Å². The number of hydrogen-bond donors (Lipinski definition) is 0. The Labute approximate surface area is 100 Å². The van der Waals surface area contributed by atoms with E-state index in [1.807, 2.05) is 0 Å². The van der Waals surface area contributed by atoms with Gasteiger partial charge in [0.15, 0.2) is 0 Å². The van der Waals surface area contributed by atoms with E-state index in [2.05, 4.69) is 6.07 Å². The Morgan fingerprint density at radius 2 is 2.12 bits per heavy atom. The van der Waals surface area contributed by atoms with Crippen molar-refractivity contribution in [2.75, 3.05) is 7.05 Å². The number of benzene rings is 1. The molecule has 0 aromatic heterocycles. The highest BCUT2D eigenvalue weighted by molar-refractivity contribution is 6.30. The SMILES string of the molecule is CN(Cc1cc(Cl)ccc1F)C(C)(C)C#N. The van der Waals surface area contributed by atoms with Crippen LogP contribution in [0.2, 0.25) is 5.02 Å². The molecule has 0 amide bonds. The molecule has 0 aliphatic rings. The fourth-order valence-corrected chi connectivity index (χ4v) is 1.40. The first-order valence-corrected chi connectivity index (χ1v) is 5.31. The molecule has 2 nitrogen and oxygen atoms in total. The third-order valence-electron chi connectivity index (χ3n) is 2.64. The van der Waals surface area contributed by atoms with Gasteiger partial charge in [0.25, 0.3) is 0 Å². The molecule has 1 aromatic rings. The number of nitrogens with zero attached hydrogens (tertiary/aromatic N) is 2. The second-order valence-electron chi connectivity index (χ2n) is 4.26. The maximum absolute atomic E-state index is 13.5. The Balaban J connectivity index is 2.89. The molecule has 0 saturated heterocycles. The molecule has 0 atom stereocenters. The monoisotopic (exact) mass is 240 g/mol. The standard InChI is InChI=1S/C12H14ClFN2/c1-12(2,8-15)16(3)7-9-6-10(13)4-5-11(9)14/h4-6H,7H2,1-3H3. The fraction of sp³-hybridized carbons (Fsp3) is 0.417. The maximum atomic E-state index is 13.5. The summed E-state index contributed by atoms with van der Waals surface area (Å²) < 4.78 is 13.5. The van der Waals surface area contributed by atoms with Gasteiger partial charge in [0.05, 0.1) is 6.07 Å². The Morgan fingerprint density at radius 1 is 1.50 bits per heavy atom. The van der Waals surface area contributed by atoms with Gasteiger partial charge in [-0.3, -0.25) is 4.90 Å². The lowest BCUT2D eigenvalue weighted by atomic mass is 10.0. The van der Waals surface area contributed by atoms with Crippen molar-refractivity contribution in [2.45, 2.75) is 25.9 Å². The predicted molar refractivity (Wildman–Crippen MR) is 62.6 cm³/mol. The quantitative estimate of drug-likeness (QED) is 0.811. The molecule has 0 unspecified atom stereocenters. The van der Waals surface area contributed by atoms with E-state index in [0.29, 0.717) is 17.1 Å². The molecule has 1 aromatic carbocycles. The molecule has 0 fully saturated rings. The maximum Gasteiger partial charge on any atom is 0.127 e. The minimum atomic E-state index is -0.630. The molecular weight excluding hydrogens is 227 g/mol. The van der Waals surface area contributed by atoms with Crippen LogP contribution in [0.25, 0.3) is 0 Å². The Hall–Kier alpha value is -1.11. The van der Waals surface area contributed by atoms with Gasteiger partial charge in [-0.25, -0.2) is 4.39 Å². The normalized spacial score (nSPS) is 11.6. The summed E-state index contributed by atoms with van der Waals surface area (Å²) in [5.74, 6) is -0.301. The summed E-state index contributed by atoms with van der Waals surface area (Å²) in [6.07, 6.45) is 0. The number of nitriles is 1. The van der Waals surface area contributed by atoms with Crippen molar-refractivity contribution in [1.29, 1.82) is 5.26 Å². The van der Waals surface area contributed by atoms with Crippen LogP contribution < -0.4 is 0 Å². The molecule has 0 heterocycles. The second-order valence-corrected chi connectivity index (χ2v) is 4.70. The van der Waals surface area contributed by atoms with Gasteiger partial charge in [0, 0.05) is 17.1 Å². The van der Waals surface area contributed by atoms with Gasteiger partial charge in [0.1, 0.15) is 11.4 Å². The zero-order valence-electron chi connectivity index (χ0n) is 9.59. The van der Waals surface area contributed by atoms with Gasteiger partial charge in [0.2, 0.25) is 0 Å². The van der Waals surface area contributed by atoms with Crippen LogP contribution in [-0.4, -0.2) is 17.5 Å². The lowest BCUT2D eigenvalue weighted by molar-refractivity contribution is 0.200.